The molecule has 0 aromatic rings. The zero-order valence-corrected chi connectivity index (χ0v) is 45.9. The molecular weight excluding hydrogens is 876 g/mol. The van der Waals surface area contributed by atoms with E-state index in [1.807, 2.05) is 27.2 Å². The van der Waals surface area contributed by atoms with E-state index < -0.39 is 20.0 Å². The van der Waals surface area contributed by atoms with Gasteiger partial charge in [-0.3, -0.25) is 13.8 Å². The van der Waals surface area contributed by atoms with Gasteiger partial charge in [0.1, 0.15) is 13.2 Å². The van der Waals surface area contributed by atoms with Crippen molar-refractivity contribution in [1.82, 2.24) is 5.32 Å². The van der Waals surface area contributed by atoms with Crippen LogP contribution in [0.1, 0.15) is 213 Å². The van der Waals surface area contributed by atoms with Gasteiger partial charge in [0.05, 0.1) is 39.9 Å². The van der Waals surface area contributed by atoms with E-state index in [4.69, 9.17) is 9.05 Å². The minimum Gasteiger partial charge on any atom is -0.387 e. The van der Waals surface area contributed by atoms with Crippen LogP contribution in [0, 0.1) is 0 Å². The number of amides is 1. The zero-order valence-electron chi connectivity index (χ0n) is 45.0. The molecule has 1 amide bonds. The molecular formula is C60H106N2O6P+. The number of hydrogen-bond donors (Lipinski definition) is 3. The van der Waals surface area contributed by atoms with Crippen molar-refractivity contribution < 1.29 is 32.9 Å². The number of hydrogen-bond acceptors (Lipinski definition) is 5. The molecule has 9 heteroatoms. The molecule has 3 N–H and O–H groups in total. The summed E-state index contributed by atoms with van der Waals surface area (Å²) in [5.41, 5.74) is 0. The van der Waals surface area contributed by atoms with Crippen molar-refractivity contribution >= 4 is 13.7 Å². The number of aliphatic hydroxyl groups excluding tert-OH is 1. The topological polar surface area (TPSA) is 105 Å². The van der Waals surface area contributed by atoms with Gasteiger partial charge in [-0.05, 0) is 89.9 Å². The number of nitrogens with one attached hydrogen (secondary N) is 1. The number of quaternary nitrogens is 1. The van der Waals surface area contributed by atoms with Crippen LogP contribution < -0.4 is 5.32 Å². The van der Waals surface area contributed by atoms with Gasteiger partial charge in [-0.25, -0.2) is 4.57 Å². The van der Waals surface area contributed by atoms with Gasteiger partial charge in [0.25, 0.3) is 0 Å². The number of unbranched alkanes of at least 4 members (excludes halogenated alkanes) is 20. The molecule has 3 atom stereocenters. The third kappa shape index (κ3) is 52.8. The lowest BCUT2D eigenvalue weighted by molar-refractivity contribution is -0.870. The molecule has 0 rings (SSSR count). The van der Waals surface area contributed by atoms with Crippen LogP contribution in [-0.4, -0.2) is 73.4 Å². The summed E-state index contributed by atoms with van der Waals surface area (Å²) in [6.45, 7) is 4.65. The van der Waals surface area contributed by atoms with Gasteiger partial charge in [-0.2, -0.15) is 0 Å². The Labute approximate surface area is 425 Å². The quantitative estimate of drug-likeness (QED) is 0.0243. The van der Waals surface area contributed by atoms with Crippen LogP contribution in [0.2, 0.25) is 0 Å². The molecule has 0 aromatic heterocycles. The van der Waals surface area contributed by atoms with Crippen molar-refractivity contribution in [3.8, 4) is 0 Å². The molecule has 3 unspecified atom stereocenters. The summed E-state index contributed by atoms with van der Waals surface area (Å²) in [5.74, 6) is -0.194. The number of aliphatic hydroxyl groups is 1. The predicted octanol–water partition coefficient (Wildman–Crippen LogP) is 16.8. The van der Waals surface area contributed by atoms with Crippen molar-refractivity contribution in [3.63, 3.8) is 0 Å². The highest BCUT2D eigenvalue weighted by Gasteiger charge is 2.27. The largest absolute Gasteiger partial charge is 0.472 e. The molecule has 0 aliphatic carbocycles. The third-order valence-electron chi connectivity index (χ3n) is 11.7. The normalized spacial score (nSPS) is 14.8. The average Bonchev–Trinajstić information content (AvgIpc) is 3.31. The van der Waals surface area contributed by atoms with E-state index in [0.29, 0.717) is 17.4 Å². The first-order valence-corrected chi connectivity index (χ1v) is 29.3. The number of carbonyl (C=O) groups excluding carboxylic acids is 1. The zero-order chi connectivity index (χ0) is 50.6. The first-order valence-electron chi connectivity index (χ1n) is 27.8. The Hall–Kier alpha value is -2.84. The minimum absolute atomic E-state index is 0.0515. The summed E-state index contributed by atoms with van der Waals surface area (Å²) in [7, 11) is 1.54. The van der Waals surface area contributed by atoms with Gasteiger partial charge in [0, 0.05) is 6.42 Å². The van der Waals surface area contributed by atoms with E-state index in [0.717, 1.165) is 83.5 Å². The minimum atomic E-state index is -4.35. The second-order valence-corrected chi connectivity index (χ2v) is 21.0. The third-order valence-corrected chi connectivity index (χ3v) is 12.7. The lowest BCUT2D eigenvalue weighted by atomic mass is 10.0. The molecule has 0 aliphatic heterocycles. The molecule has 8 nitrogen and oxygen atoms in total. The summed E-state index contributed by atoms with van der Waals surface area (Å²) in [4.78, 5) is 23.2. The maximum absolute atomic E-state index is 12.9. The SMILES string of the molecule is CC/C=C\C/C=C\C/C=C\C/C=C\C/C=C\C/C=C\C/C=C\CCCCCCCCCCCCCCCC(=O)NC(COP(=O)(O)OCC[N+](C)(C)C)C(O)/C=C/CC/C=C/CCCCCCCC. The maximum Gasteiger partial charge on any atom is 0.472 e. The second-order valence-electron chi connectivity index (χ2n) is 19.6. The van der Waals surface area contributed by atoms with Crippen molar-refractivity contribution in [2.24, 2.45) is 0 Å². The molecule has 0 aliphatic rings. The fraction of sp³-hybridized carbons (Fsp3) is 0.683. The number of allylic oxidation sites excluding steroid dienone is 17. The smallest absolute Gasteiger partial charge is 0.387 e. The van der Waals surface area contributed by atoms with E-state index in [2.05, 4.69) is 116 Å². The van der Waals surface area contributed by atoms with Gasteiger partial charge in [-0.1, -0.05) is 226 Å². The number of likely N-dealkylation sites (N-methyl/N-ethyl adjacent to an activating group) is 1. The highest BCUT2D eigenvalue weighted by atomic mass is 31.2. The highest BCUT2D eigenvalue weighted by molar-refractivity contribution is 7.47. The van der Waals surface area contributed by atoms with Gasteiger partial charge in [-0.15, -0.1) is 0 Å². The van der Waals surface area contributed by atoms with Crippen LogP contribution in [0.4, 0.5) is 0 Å². The van der Waals surface area contributed by atoms with E-state index >= 15 is 0 Å². The first-order chi connectivity index (χ1) is 33.5. The summed E-state index contributed by atoms with van der Waals surface area (Å²) >= 11 is 0. The van der Waals surface area contributed by atoms with Crippen molar-refractivity contribution in [2.75, 3.05) is 40.9 Å². The number of rotatable bonds is 49. The van der Waals surface area contributed by atoms with Crippen LogP contribution >= 0.6 is 7.82 Å². The molecule has 0 spiro atoms. The van der Waals surface area contributed by atoms with Gasteiger partial charge in [0.15, 0.2) is 0 Å². The van der Waals surface area contributed by atoms with Crippen molar-refractivity contribution in [3.05, 3.63) is 109 Å². The average molecular weight is 982 g/mol. The summed E-state index contributed by atoms with van der Waals surface area (Å²) < 4.78 is 23.6. The number of phosphoric ester groups is 1. The molecule has 0 radical (unpaired) electrons. The van der Waals surface area contributed by atoms with Crippen molar-refractivity contribution in [1.29, 1.82) is 0 Å². The fourth-order valence-corrected chi connectivity index (χ4v) is 8.13. The van der Waals surface area contributed by atoms with Gasteiger partial charge in [0.2, 0.25) is 5.91 Å². The molecule has 69 heavy (non-hydrogen) atoms. The van der Waals surface area contributed by atoms with Crippen LogP contribution in [0.3, 0.4) is 0 Å². The van der Waals surface area contributed by atoms with E-state index in [1.54, 1.807) is 6.08 Å². The van der Waals surface area contributed by atoms with E-state index in [9.17, 15) is 19.4 Å². The Bertz CT molecular complexity index is 1490. The molecule has 0 fully saturated rings. The summed E-state index contributed by atoms with van der Waals surface area (Å²) in [6.07, 6.45) is 73.4. The van der Waals surface area contributed by atoms with Crippen LogP contribution in [0.5, 0.6) is 0 Å². The summed E-state index contributed by atoms with van der Waals surface area (Å²) in [5, 5.41) is 13.8. The van der Waals surface area contributed by atoms with Crippen LogP contribution in [0.15, 0.2) is 109 Å². The molecule has 0 saturated carbocycles. The number of phosphoric acid groups is 1. The first kappa shape index (κ1) is 66.2. The predicted molar refractivity (Wildman–Crippen MR) is 299 cm³/mol. The Morgan fingerprint density at radius 2 is 0.884 bits per heavy atom. The van der Waals surface area contributed by atoms with E-state index in [1.165, 1.54) is 109 Å². The summed E-state index contributed by atoms with van der Waals surface area (Å²) in [6, 6.07) is -0.869. The Morgan fingerprint density at radius 3 is 1.33 bits per heavy atom. The molecule has 0 heterocycles. The Kier molecular flexibility index (Phi) is 48.1. The monoisotopic (exact) mass is 982 g/mol. The van der Waals surface area contributed by atoms with Gasteiger partial charge >= 0.3 is 7.82 Å². The lowest BCUT2D eigenvalue weighted by Gasteiger charge is -2.25. The Balaban J connectivity index is 4.10. The maximum atomic E-state index is 12.9. The number of carbonyl (C=O) groups is 1. The molecule has 0 bridgehead atoms. The van der Waals surface area contributed by atoms with Gasteiger partial charge < -0.3 is 19.8 Å². The van der Waals surface area contributed by atoms with Crippen LogP contribution in [0.25, 0.3) is 0 Å². The second kappa shape index (κ2) is 50.1. The lowest BCUT2D eigenvalue weighted by Crippen LogP contribution is -2.45. The fourth-order valence-electron chi connectivity index (χ4n) is 7.39. The molecule has 0 saturated heterocycles. The number of nitrogens with zero attached hydrogens (tertiary/aromatic N) is 1. The standard InChI is InChI=1S/C60H105N2O6P/c1-6-8-10-12-14-16-18-20-21-22-23-24-25-26-27-28-29-30-31-32-33-34-35-36-37-38-39-40-41-42-44-46-48-50-52-54-60(64)61-58(57-68-69(65,66)67-56-55-62(3,4)5)59(63)53-51-49-47-45-43-19-17-15-13-11-9-7-2/h8,10,14,16,20-21,23-24,26-27,29-30,32-33,43,45,51,53,58-59,63H,6-7,9,11-13,15,17-19,22,25,28,31,34-42,44,46-50,52,54-57H2,1-5H3,(H-,61,64,65,66)/p+1/b10-8-,16-14-,21-20-,24-23-,27-26-,30-29-,33-32-,45-43+,53-51+. The van der Waals surface area contributed by atoms with Crippen LogP contribution in [-0.2, 0) is 18.4 Å². The van der Waals surface area contributed by atoms with Crippen molar-refractivity contribution in [2.45, 2.75) is 225 Å². The van der Waals surface area contributed by atoms with E-state index in [-0.39, 0.29) is 19.1 Å². The molecule has 396 valence electrons. The molecule has 0 aromatic carbocycles. The Morgan fingerprint density at radius 1 is 0.507 bits per heavy atom. The highest BCUT2D eigenvalue weighted by Crippen LogP contribution is 2.43.